The predicted molar refractivity (Wildman–Crippen MR) is 97.0 cm³/mol. The van der Waals surface area contributed by atoms with Gasteiger partial charge in [0.15, 0.2) is 0 Å². The van der Waals surface area contributed by atoms with E-state index in [0.717, 1.165) is 5.39 Å². The number of hydrogen-bond donors (Lipinski definition) is 2. The number of halogens is 1. The smallest absolute Gasteiger partial charge is 0.265 e. The average molecular weight is 370 g/mol. The Hall–Kier alpha value is -1.83. The van der Waals surface area contributed by atoms with Crippen molar-refractivity contribution in [3.8, 4) is 0 Å². The average Bonchev–Trinajstić information content (AvgIpc) is 2.71. The molecule has 0 spiro atoms. The summed E-state index contributed by atoms with van der Waals surface area (Å²) in [5.74, 6) is -0.334. The Labute approximate surface area is 147 Å². The largest absolute Gasteiger partial charge is 0.354 e. The fraction of sp³-hybridized carbons (Fsp3) is 0.312. The lowest BCUT2D eigenvalue weighted by Crippen LogP contribution is -2.40. The number of nitrogens with zero attached hydrogens (tertiary/aromatic N) is 1. The van der Waals surface area contributed by atoms with Gasteiger partial charge in [0.2, 0.25) is 5.91 Å². The van der Waals surface area contributed by atoms with Gasteiger partial charge in [-0.3, -0.25) is 9.10 Å². The number of carbonyl (C=O) groups excluding carboxylic acids is 1. The lowest BCUT2D eigenvalue weighted by molar-refractivity contribution is -0.119. The Bertz CT molecular complexity index is 863. The SMILES string of the molecule is CC(N)CCNC(=O)CN1c2cccc3cccc(c23)S1(=O)=O.Cl. The van der Waals surface area contributed by atoms with E-state index in [1.54, 1.807) is 24.3 Å². The molecule has 8 heteroatoms. The van der Waals surface area contributed by atoms with E-state index in [0.29, 0.717) is 24.0 Å². The molecule has 0 radical (unpaired) electrons. The molecule has 1 aliphatic rings. The molecule has 3 N–H and O–H groups in total. The van der Waals surface area contributed by atoms with Crippen LogP contribution in [0.2, 0.25) is 0 Å². The van der Waals surface area contributed by atoms with E-state index in [1.165, 1.54) is 4.31 Å². The first-order valence-corrected chi connectivity index (χ1v) is 8.92. The number of amides is 1. The lowest BCUT2D eigenvalue weighted by Gasteiger charge is -2.18. The van der Waals surface area contributed by atoms with Crippen LogP contribution in [0.3, 0.4) is 0 Å². The highest BCUT2D eigenvalue weighted by atomic mass is 35.5. The van der Waals surface area contributed by atoms with E-state index in [2.05, 4.69) is 5.32 Å². The molecule has 0 saturated carbocycles. The van der Waals surface area contributed by atoms with Gasteiger partial charge in [0.05, 0.1) is 10.6 Å². The van der Waals surface area contributed by atoms with Crippen molar-refractivity contribution in [2.45, 2.75) is 24.3 Å². The summed E-state index contributed by atoms with van der Waals surface area (Å²) < 4.78 is 26.6. The molecule has 3 rings (SSSR count). The van der Waals surface area contributed by atoms with Gasteiger partial charge in [0.1, 0.15) is 6.54 Å². The van der Waals surface area contributed by atoms with Crippen LogP contribution in [0.15, 0.2) is 41.3 Å². The molecule has 1 unspecified atom stereocenters. The van der Waals surface area contributed by atoms with Crippen LogP contribution in [-0.2, 0) is 14.8 Å². The minimum absolute atomic E-state index is 0. The molecule has 6 nitrogen and oxygen atoms in total. The van der Waals surface area contributed by atoms with Gasteiger partial charge in [-0.25, -0.2) is 8.42 Å². The van der Waals surface area contributed by atoms with Crippen LogP contribution in [0.1, 0.15) is 13.3 Å². The van der Waals surface area contributed by atoms with Crippen molar-refractivity contribution in [3.63, 3.8) is 0 Å². The number of sulfonamides is 1. The Morgan fingerprint density at radius 2 is 1.92 bits per heavy atom. The summed E-state index contributed by atoms with van der Waals surface area (Å²) in [5, 5.41) is 4.24. The van der Waals surface area contributed by atoms with Crippen LogP contribution in [0, 0.1) is 0 Å². The maximum absolute atomic E-state index is 12.7. The Balaban J connectivity index is 0.00000208. The predicted octanol–water partition coefficient (Wildman–Crippen LogP) is 1.62. The number of hydrogen-bond acceptors (Lipinski definition) is 4. The van der Waals surface area contributed by atoms with Crippen LogP contribution < -0.4 is 15.4 Å². The number of benzene rings is 2. The molecule has 0 aromatic heterocycles. The van der Waals surface area contributed by atoms with E-state index in [-0.39, 0.29) is 35.8 Å². The second kappa shape index (κ2) is 6.96. The molecule has 2 aromatic rings. The zero-order chi connectivity index (χ0) is 16.6. The van der Waals surface area contributed by atoms with E-state index < -0.39 is 10.0 Å². The zero-order valence-electron chi connectivity index (χ0n) is 13.2. The molecule has 1 aliphatic heterocycles. The quantitative estimate of drug-likeness (QED) is 0.837. The highest BCUT2D eigenvalue weighted by Gasteiger charge is 2.36. The third kappa shape index (κ3) is 3.19. The van der Waals surface area contributed by atoms with Crippen molar-refractivity contribution < 1.29 is 13.2 Å². The van der Waals surface area contributed by atoms with E-state index in [4.69, 9.17) is 5.73 Å². The van der Waals surface area contributed by atoms with Crippen molar-refractivity contribution >= 4 is 44.8 Å². The second-order valence-electron chi connectivity index (χ2n) is 5.76. The molecule has 0 bridgehead atoms. The fourth-order valence-electron chi connectivity index (χ4n) is 2.75. The normalized spacial score (nSPS) is 15.8. The second-order valence-corrected chi connectivity index (χ2v) is 7.59. The standard InChI is InChI=1S/C16H19N3O3S.ClH/c1-11(17)8-9-18-15(20)10-19-13-6-2-4-12-5-3-7-14(16(12)13)23(19,21)22;/h2-7,11H,8-10,17H2,1H3,(H,18,20);1H. The van der Waals surface area contributed by atoms with Gasteiger partial charge in [-0.1, -0.05) is 24.3 Å². The van der Waals surface area contributed by atoms with Crippen LogP contribution in [0.4, 0.5) is 5.69 Å². The highest BCUT2D eigenvalue weighted by molar-refractivity contribution is 7.93. The maximum atomic E-state index is 12.7. The minimum Gasteiger partial charge on any atom is -0.354 e. The molecule has 0 fully saturated rings. The third-order valence-electron chi connectivity index (χ3n) is 3.89. The first-order chi connectivity index (χ1) is 10.9. The molecule has 2 aromatic carbocycles. The third-order valence-corrected chi connectivity index (χ3v) is 5.69. The van der Waals surface area contributed by atoms with Gasteiger partial charge >= 0.3 is 0 Å². The van der Waals surface area contributed by atoms with E-state index in [9.17, 15) is 13.2 Å². The van der Waals surface area contributed by atoms with Crippen molar-refractivity contribution in [3.05, 3.63) is 36.4 Å². The summed E-state index contributed by atoms with van der Waals surface area (Å²) >= 11 is 0. The number of nitrogens with one attached hydrogen (secondary N) is 1. The van der Waals surface area contributed by atoms with Crippen molar-refractivity contribution in [1.29, 1.82) is 0 Å². The minimum atomic E-state index is -3.69. The summed E-state index contributed by atoms with van der Waals surface area (Å²) in [7, 11) is -3.69. The molecule has 130 valence electrons. The molecular formula is C16H20ClN3O3S. The molecule has 1 amide bonds. The summed E-state index contributed by atoms with van der Waals surface area (Å²) in [6, 6.07) is 10.5. The van der Waals surface area contributed by atoms with E-state index in [1.807, 2.05) is 19.1 Å². The maximum Gasteiger partial charge on any atom is 0.265 e. The van der Waals surface area contributed by atoms with Gasteiger partial charge < -0.3 is 11.1 Å². The summed E-state index contributed by atoms with van der Waals surface area (Å²) in [6.45, 7) is 2.06. The van der Waals surface area contributed by atoms with E-state index >= 15 is 0 Å². The van der Waals surface area contributed by atoms with Gasteiger partial charge in [-0.15, -0.1) is 12.4 Å². The lowest BCUT2D eigenvalue weighted by atomic mass is 10.1. The molecule has 1 heterocycles. The van der Waals surface area contributed by atoms with Crippen molar-refractivity contribution in [1.82, 2.24) is 5.32 Å². The van der Waals surface area contributed by atoms with Gasteiger partial charge in [0, 0.05) is 18.0 Å². The number of rotatable bonds is 5. The number of anilines is 1. The molecule has 0 aliphatic carbocycles. The monoisotopic (exact) mass is 369 g/mol. The molecule has 0 saturated heterocycles. The Kier molecular flexibility index (Phi) is 5.37. The van der Waals surface area contributed by atoms with Crippen LogP contribution in [0.25, 0.3) is 10.8 Å². The summed E-state index contributed by atoms with van der Waals surface area (Å²) in [6.07, 6.45) is 0.647. The highest BCUT2D eigenvalue weighted by Crippen LogP contribution is 2.41. The van der Waals surface area contributed by atoms with Gasteiger partial charge in [-0.2, -0.15) is 0 Å². The first kappa shape index (κ1) is 18.5. The fourth-order valence-corrected chi connectivity index (χ4v) is 4.42. The zero-order valence-corrected chi connectivity index (χ0v) is 14.9. The number of nitrogens with two attached hydrogens (primary N) is 1. The van der Waals surface area contributed by atoms with Gasteiger partial charge in [-0.05, 0) is 30.9 Å². The molecular weight excluding hydrogens is 350 g/mol. The summed E-state index contributed by atoms with van der Waals surface area (Å²) in [5.41, 5.74) is 6.19. The van der Waals surface area contributed by atoms with Crippen molar-refractivity contribution in [2.24, 2.45) is 5.73 Å². The Morgan fingerprint density at radius 1 is 1.25 bits per heavy atom. The Morgan fingerprint density at radius 3 is 2.58 bits per heavy atom. The summed E-state index contributed by atoms with van der Waals surface area (Å²) in [4.78, 5) is 12.3. The van der Waals surface area contributed by atoms with Crippen LogP contribution >= 0.6 is 12.4 Å². The molecule has 1 atom stereocenters. The first-order valence-electron chi connectivity index (χ1n) is 7.48. The van der Waals surface area contributed by atoms with Crippen LogP contribution in [0.5, 0.6) is 0 Å². The number of carbonyl (C=O) groups is 1. The van der Waals surface area contributed by atoms with Crippen molar-refractivity contribution in [2.75, 3.05) is 17.4 Å². The van der Waals surface area contributed by atoms with Gasteiger partial charge in [0.25, 0.3) is 10.0 Å². The topological polar surface area (TPSA) is 92.5 Å². The van der Waals surface area contributed by atoms with Crippen LogP contribution in [-0.4, -0.2) is 33.5 Å². The molecule has 24 heavy (non-hydrogen) atoms.